The van der Waals surface area contributed by atoms with Crippen LogP contribution >= 0.6 is 0 Å². The Labute approximate surface area is 148 Å². The molecule has 1 saturated heterocycles. The first-order valence-electron chi connectivity index (χ1n) is 9.02. The highest BCUT2D eigenvalue weighted by atomic mass is 16.6. The number of aliphatic hydroxyl groups is 3. The maximum Gasteiger partial charge on any atom is 0.335 e. The molecule has 0 aromatic rings. The van der Waals surface area contributed by atoms with Gasteiger partial charge >= 0.3 is 5.97 Å². The molecule has 0 bridgehead atoms. The van der Waals surface area contributed by atoms with Crippen LogP contribution in [0.1, 0.15) is 45.4 Å². The van der Waals surface area contributed by atoms with Crippen molar-refractivity contribution < 1.29 is 29.6 Å². The summed E-state index contributed by atoms with van der Waals surface area (Å²) in [6, 6.07) is 0. The zero-order chi connectivity index (χ0) is 18.2. The molecular weight excluding hydrogens is 326 g/mol. The summed E-state index contributed by atoms with van der Waals surface area (Å²) in [4.78, 5) is 13.7. The Bertz CT molecular complexity index is 492. The second-order valence-electron chi connectivity index (χ2n) is 6.47. The third kappa shape index (κ3) is 5.28. The molecule has 2 rings (SSSR count). The monoisotopic (exact) mass is 355 g/mol. The van der Waals surface area contributed by atoms with Gasteiger partial charge in [0, 0.05) is 18.8 Å². The van der Waals surface area contributed by atoms with Crippen molar-refractivity contribution in [2.45, 2.75) is 70.0 Å². The molecule has 1 fully saturated rings. The summed E-state index contributed by atoms with van der Waals surface area (Å²) in [6.45, 7) is 2.17. The summed E-state index contributed by atoms with van der Waals surface area (Å²) >= 11 is 0. The van der Waals surface area contributed by atoms with Crippen LogP contribution in [0.15, 0.2) is 24.0 Å². The van der Waals surface area contributed by atoms with Crippen molar-refractivity contribution in [2.75, 3.05) is 13.2 Å². The average molecular weight is 355 g/mol. The summed E-state index contributed by atoms with van der Waals surface area (Å²) in [5.41, 5.74) is 0.466. The lowest BCUT2D eigenvalue weighted by Crippen LogP contribution is -2.40. The van der Waals surface area contributed by atoms with Gasteiger partial charge < -0.3 is 29.7 Å². The highest BCUT2D eigenvalue weighted by Gasteiger charge is 2.44. The van der Waals surface area contributed by atoms with Gasteiger partial charge in [0.15, 0.2) is 6.23 Å². The third-order valence-corrected chi connectivity index (χ3v) is 4.47. The number of allylic oxidation sites excluding steroid dienone is 1. The van der Waals surface area contributed by atoms with Crippen molar-refractivity contribution >= 4 is 5.97 Å². The SMILES string of the molecule is CCCCCCCOC(=O)C1=CN([C@@H]2OC(CO)[C@@H](O)C2O)C=CC1. The van der Waals surface area contributed by atoms with E-state index in [0.717, 1.165) is 19.3 Å². The number of hydrogen-bond donors (Lipinski definition) is 3. The number of nitrogens with zero attached hydrogens (tertiary/aromatic N) is 1. The van der Waals surface area contributed by atoms with E-state index in [4.69, 9.17) is 14.6 Å². The average Bonchev–Trinajstić information content (AvgIpc) is 2.92. The summed E-state index contributed by atoms with van der Waals surface area (Å²) in [7, 11) is 0. The molecule has 2 aliphatic heterocycles. The van der Waals surface area contributed by atoms with Gasteiger partial charge in [0.2, 0.25) is 0 Å². The van der Waals surface area contributed by atoms with Crippen molar-refractivity contribution in [3.8, 4) is 0 Å². The fraction of sp³-hybridized carbons (Fsp3) is 0.722. The minimum atomic E-state index is -1.17. The van der Waals surface area contributed by atoms with E-state index in [2.05, 4.69) is 6.92 Å². The molecule has 2 aliphatic rings. The first-order valence-corrected chi connectivity index (χ1v) is 9.02. The standard InChI is InChI=1S/C18H29NO6/c1-2-3-4-5-6-10-24-18(23)13-8-7-9-19(11-13)17-16(22)15(21)14(12-20)25-17/h7,9,11,14-17,20-22H,2-6,8,10,12H2,1H3/t14?,15-,16?,17-/m1/s1. The van der Waals surface area contributed by atoms with E-state index in [9.17, 15) is 15.0 Å². The second-order valence-corrected chi connectivity index (χ2v) is 6.47. The number of esters is 1. The fourth-order valence-corrected chi connectivity index (χ4v) is 2.96. The van der Waals surface area contributed by atoms with Crippen LogP contribution in [-0.4, -0.2) is 63.9 Å². The Balaban J connectivity index is 1.85. The number of ether oxygens (including phenoxy) is 2. The lowest BCUT2D eigenvalue weighted by Gasteiger charge is -2.28. The maximum absolute atomic E-state index is 12.2. The minimum Gasteiger partial charge on any atom is -0.462 e. The van der Waals surface area contributed by atoms with E-state index < -0.39 is 24.5 Å². The van der Waals surface area contributed by atoms with Crippen LogP contribution in [0.2, 0.25) is 0 Å². The largest absolute Gasteiger partial charge is 0.462 e. The van der Waals surface area contributed by atoms with Gasteiger partial charge in [-0.3, -0.25) is 0 Å². The maximum atomic E-state index is 12.2. The van der Waals surface area contributed by atoms with Crippen LogP contribution in [0.5, 0.6) is 0 Å². The Morgan fingerprint density at radius 2 is 2.04 bits per heavy atom. The molecule has 0 aromatic heterocycles. The van der Waals surface area contributed by atoms with Crippen LogP contribution in [-0.2, 0) is 14.3 Å². The van der Waals surface area contributed by atoms with Gasteiger partial charge in [0.25, 0.3) is 0 Å². The van der Waals surface area contributed by atoms with Crippen LogP contribution in [0, 0.1) is 0 Å². The van der Waals surface area contributed by atoms with Gasteiger partial charge in [0.1, 0.15) is 18.3 Å². The van der Waals surface area contributed by atoms with Crippen molar-refractivity contribution in [1.29, 1.82) is 0 Å². The molecule has 0 saturated carbocycles. The molecule has 2 heterocycles. The number of hydrogen-bond acceptors (Lipinski definition) is 7. The highest BCUT2D eigenvalue weighted by molar-refractivity contribution is 5.88. The molecule has 0 aromatic carbocycles. The molecule has 3 N–H and O–H groups in total. The van der Waals surface area contributed by atoms with Crippen molar-refractivity contribution in [3.05, 3.63) is 24.0 Å². The Morgan fingerprint density at radius 1 is 1.28 bits per heavy atom. The van der Waals surface area contributed by atoms with Gasteiger partial charge in [-0.15, -0.1) is 0 Å². The second kappa shape index (κ2) is 9.91. The number of rotatable bonds is 9. The fourth-order valence-electron chi connectivity index (χ4n) is 2.96. The molecule has 7 heteroatoms. The third-order valence-electron chi connectivity index (χ3n) is 4.47. The molecule has 2 unspecified atom stereocenters. The van der Waals surface area contributed by atoms with Gasteiger partial charge in [0.05, 0.1) is 18.8 Å². The molecule has 4 atom stereocenters. The number of carbonyl (C=O) groups is 1. The van der Waals surface area contributed by atoms with Crippen LogP contribution in [0.25, 0.3) is 0 Å². The molecule has 25 heavy (non-hydrogen) atoms. The Hall–Kier alpha value is -1.41. The van der Waals surface area contributed by atoms with Crippen molar-refractivity contribution in [1.82, 2.24) is 4.90 Å². The van der Waals surface area contributed by atoms with Gasteiger partial charge in [-0.05, 0) is 6.42 Å². The van der Waals surface area contributed by atoms with E-state index in [0.29, 0.717) is 18.6 Å². The predicted octanol–water partition coefficient (Wildman–Crippen LogP) is 1.04. The summed E-state index contributed by atoms with van der Waals surface area (Å²) < 4.78 is 10.8. The van der Waals surface area contributed by atoms with Gasteiger partial charge in [-0.25, -0.2) is 4.79 Å². The summed E-state index contributed by atoms with van der Waals surface area (Å²) in [6.07, 6.45) is 6.86. The molecular formula is C18H29NO6. The molecule has 0 spiro atoms. The molecule has 0 aliphatic carbocycles. The normalized spacial score (nSPS) is 29.0. The zero-order valence-electron chi connectivity index (χ0n) is 14.7. The molecule has 0 radical (unpaired) electrons. The smallest absolute Gasteiger partial charge is 0.335 e. The van der Waals surface area contributed by atoms with E-state index >= 15 is 0 Å². The number of aliphatic hydroxyl groups excluding tert-OH is 3. The van der Waals surface area contributed by atoms with Crippen LogP contribution in [0.3, 0.4) is 0 Å². The lowest BCUT2D eigenvalue weighted by molar-refractivity contribution is -0.139. The van der Waals surface area contributed by atoms with Crippen LogP contribution in [0.4, 0.5) is 0 Å². The van der Waals surface area contributed by atoms with Crippen molar-refractivity contribution in [3.63, 3.8) is 0 Å². The zero-order valence-corrected chi connectivity index (χ0v) is 14.7. The molecule has 0 amide bonds. The number of carbonyl (C=O) groups excluding carboxylic acids is 1. The Morgan fingerprint density at radius 3 is 2.72 bits per heavy atom. The molecule has 142 valence electrons. The first kappa shape index (κ1) is 19.9. The summed E-state index contributed by atoms with van der Waals surface area (Å²) in [5.74, 6) is -0.378. The molecule has 7 nitrogen and oxygen atoms in total. The number of unbranched alkanes of at least 4 members (excludes halogenated alkanes) is 4. The first-order chi connectivity index (χ1) is 12.1. The quantitative estimate of drug-likeness (QED) is 0.420. The topological polar surface area (TPSA) is 99.5 Å². The highest BCUT2D eigenvalue weighted by Crippen LogP contribution is 2.27. The lowest BCUT2D eigenvalue weighted by atomic mass is 10.1. The summed E-state index contributed by atoms with van der Waals surface area (Å²) in [5, 5.41) is 29.1. The predicted molar refractivity (Wildman–Crippen MR) is 91.2 cm³/mol. The van der Waals surface area contributed by atoms with Crippen molar-refractivity contribution in [2.24, 2.45) is 0 Å². The Kier molecular flexibility index (Phi) is 7.90. The minimum absolute atomic E-state index is 0.378. The van der Waals surface area contributed by atoms with Gasteiger partial charge in [-0.1, -0.05) is 38.7 Å². The van der Waals surface area contributed by atoms with E-state index in [-0.39, 0.29) is 12.6 Å². The van der Waals surface area contributed by atoms with E-state index in [1.165, 1.54) is 17.7 Å². The van der Waals surface area contributed by atoms with Crippen LogP contribution < -0.4 is 0 Å². The van der Waals surface area contributed by atoms with Gasteiger partial charge in [-0.2, -0.15) is 0 Å². The van der Waals surface area contributed by atoms with E-state index in [1.807, 2.05) is 0 Å². The van der Waals surface area contributed by atoms with E-state index in [1.54, 1.807) is 18.5 Å².